The van der Waals surface area contributed by atoms with Crippen LogP contribution in [0.5, 0.6) is 0 Å². The van der Waals surface area contributed by atoms with E-state index < -0.39 is 0 Å². The molecule has 3 aromatic carbocycles. The van der Waals surface area contributed by atoms with Crippen LogP contribution in [0.3, 0.4) is 0 Å². The number of aromatic nitrogens is 1. The Bertz CT molecular complexity index is 1250. The number of anilines is 1. The molecule has 1 amide bonds. The first kappa shape index (κ1) is 17.9. The third-order valence-electron chi connectivity index (χ3n) is 5.52. The van der Waals surface area contributed by atoms with E-state index in [1.165, 1.54) is 5.56 Å². The van der Waals surface area contributed by atoms with Gasteiger partial charge in [-0.3, -0.25) is 4.79 Å². The fourth-order valence-electron chi connectivity index (χ4n) is 4.16. The van der Waals surface area contributed by atoms with Gasteiger partial charge in [0.05, 0.1) is 16.8 Å². The van der Waals surface area contributed by atoms with E-state index in [1.54, 1.807) is 0 Å². The van der Waals surface area contributed by atoms with Crippen molar-refractivity contribution in [3.8, 4) is 11.3 Å². The van der Waals surface area contributed by atoms with Crippen LogP contribution in [0.2, 0.25) is 5.02 Å². The van der Waals surface area contributed by atoms with E-state index in [0.717, 1.165) is 28.6 Å². The minimum Gasteiger partial charge on any atom is -0.305 e. The molecule has 1 aliphatic heterocycles. The average molecular weight is 399 g/mol. The Morgan fingerprint density at radius 3 is 2.59 bits per heavy atom. The van der Waals surface area contributed by atoms with Crippen molar-refractivity contribution in [2.75, 3.05) is 4.90 Å². The van der Waals surface area contributed by atoms with E-state index in [2.05, 4.69) is 13.0 Å². The van der Waals surface area contributed by atoms with E-state index in [0.29, 0.717) is 16.3 Å². The lowest BCUT2D eigenvalue weighted by molar-refractivity contribution is 0.0983. The van der Waals surface area contributed by atoms with E-state index in [9.17, 15) is 4.79 Å². The Labute approximate surface area is 174 Å². The van der Waals surface area contributed by atoms with Gasteiger partial charge in [0.2, 0.25) is 0 Å². The van der Waals surface area contributed by atoms with Crippen molar-refractivity contribution in [2.24, 2.45) is 0 Å². The number of hydrogen-bond acceptors (Lipinski definition) is 2. The molecule has 0 aliphatic carbocycles. The summed E-state index contributed by atoms with van der Waals surface area (Å²) in [5.74, 6) is -0.00523. The Morgan fingerprint density at radius 2 is 1.72 bits per heavy atom. The topological polar surface area (TPSA) is 33.2 Å². The summed E-state index contributed by atoms with van der Waals surface area (Å²) in [5.41, 5.74) is 5.16. The Balaban J connectivity index is 1.70. The van der Waals surface area contributed by atoms with Gasteiger partial charge >= 0.3 is 0 Å². The molecule has 0 radical (unpaired) electrons. The Morgan fingerprint density at radius 1 is 1.00 bits per heavy atom. The van der Waals surface area contributed by atoms with Crippen molar-refractivity contribution in [1.29, 1.82) is 0 Å². The number of hydrogen-bond donors (Lipinski definition) is 0. The zero-order valence-electron chi connectivity index (χ0n) is 16.0. The summed E-state index contributed by atoms with van der Waals surface area (Å²) in [6, 6.07) is 25.5. The molecule has 0 bridgehead atoms. The first-order valence-electron chi connectivity index (χ1n) is 9.69. The number of amides is 1. The van der Waals surface area contributed by atoms with Gasteiger partial charge in [-0.05, 0) is 43.2 Å². The molecule has 4 aromatic rings. The first-order chi connectivity index (χ1) is 14.1. The highest BCUT2D eigenvalue weighted by atomic mass is 35.5. The maximum Gasteiger partial charge on any atom is 0.259 e. The van der Waals surface area contributed by atoms with Crippen LogP contribution in [0.15, 0.2) is 78.9 Å². The molecule has 1 atom stereocenters. The van der Waals surface area contributed by atoms with Crippen LogP contribution in [-0.4, -0.2) is 16.9 Å². The second-order valence-electron chi connectivity index (χ2n) is 7.41. The predicted molar refractivity (Wildman–Crippen MR) is 119 cm³/mol. The number of pyridine rings is 1. The summed E-state index contributed by atoms with van der Waals surface area (Å²) in [6.45, 7) is 2.09. The number of carbonyl (C=O) groups is 1. The van der Waals surface area contributed by atoms with Crippen molar-refractivity contribution in [3.63, 3.8) is 0 Å². The van der Waals surface area contributed by atoms with Crippen molar-refractivity contribution in [1.82, 2.24) is 4.98 Å². The maximum atomic E-state index is 13.8. The van der Waals surface area contributed by atoms with Crippen LogP contribution < -0.4 is 4.90 Å². The van der Waals surface area contributed by atoms with Crippen LogP contribution >= 0.6 is 11.6 Å². The summed E-state index contributed by atoms with van der Waals surface area (Å²) < 4.78 is 0. The van der Waals surface area contributed by atoms with E-state index in [-0.39, 0.29) is 11.9 Å². The molecule has 2 heterocycles. The van der Waals surface area contributed by atoms with Crippen molar-refractivity contribution >= 4 is 34.1 Å². The number of para-hydroxylation sites is 2. The summed E-state index contributed by atoms with van der Waals surface area (Å²) >= 11 is 6.42. The molecule has 4 heteroatoms. The number of rotatable bonds is 2. The third kappa shape index (κ3) is 2.99. The predicted octanol–water partition coefficient (Wildman–Crippen LogP) is 6.15. The molecule has 0 saturated heterocycles. The van der Waals surface area contributed by atoms with Gasteiger partial charge in [0, 0.05) is 27.7 Å². The molecule has 0 spiro atoms. The fourth-order valence-corrected chi connectivity index (χ4v) is 4.40. The smallest absolute Gasteiger partial charge is 0.259 e. The summed E-state index contributed by atoms with van der Waals surface area (Å²) in [5, 5.41) is 1.47. The highest BCUT2D eigenvalue weighted by Gasteiger charge is 2.32. The summed E-state index contributed by atoms with van der Waals surface area (Å²) in [7, 11) is 0. The number of nitrogens with zero attached hydrogens (tertiary/aromatic N) is 2. The van der Waals surface area contributed by atoms with Crippen molar-refractivity contribution < 1.29 is 4.79 Å². The number of carbonyl (C=O) groups excluding carboxylic acids is 1. The molecule has 5 rings (SSSR count). The van der Waals surface area contributed by atoms with Crippen LogP contribution in [-0.2, 0) is 6.42 Å². The van der Waals surface area contributed by atoms with Gasteiger partial charge in [-0.1, -0.05) is 66.2 Å². The molecule has 1 aromatic heterocycles. The Hall–Kier alpha value is -3.17. The first-order valence-corrected chi connectivity index (χ1v) is 10.1. The second kappa shape index (κ2) is 7.02. The third-order valence-corrected chi connectivity index (χ3v) is 5.85. The molecular formula is C25H19ClN2O. The maximum absolute atomic E-state index is 13.8. The van der Waals surface area contributed by atoms with Gasteiger partial charge in [-0.15, -0.1) is 0 Å². The molecular weight excluding hydrogens is 380 g/mol. The van der Waals surface area contributed by atoms with Crippen LogP contribution in [0, 0.1) is 0 Å². The number of fused-ring (bicyclic) bond motifs is 2. The highest BCUT2D eigenvalue weighted by Crippen LogP contribution is 2.35. The molecule has 29 heavy (non-hydrogen) atoms. The van der Waals surface area contributed by atoms with Crippen molar-refractivity contribution in [3.05, 3.63) is 95.0 Å². The molecule has 3 nitrogen and oxygen atoms in total. The molecule has 0 fully saturated rings. The largest absolute Gasteiger partial charge is 0.305 e. The average Bonchev–Trinajstić information content (AvgIpc) is 3.08. The summed E-state index contributed by atoms with van der Waals surface area (Å²) in [4.78, 5) is 20.5. The fraction of sp³-hybridized carbons (Fsp3) is 0.120. The van der Waals surface area contributed by atoms with E-state index in [1.807, 2.05) is 77.7 Å². The summed E-state index contributed by atoms with van der Waals surface area (Å²) in [6.07, 6.45) is 0.863. The molecule has 0 saturated carbocycles. The molecule has 142 valence electrons. The van der Waals surface area contributed by atoms with Gasteiger partial charge in [-0.2, -0.15) is 0 Å². The monoisotopic (exact) mass is 398 g/mol. The molecule has 1 aliphatic rings. The van der Waals surface area contributed by atoms with Gasteiger partial charge in [0.1, 0.15) is 0 Å². The highest BCUT2D eigenvalue weighted by molar-refractivity contribution is 6.33. The molecule has 0 N–H and O–H groups in total. The lowest BCUT2D eigenvalue weighted by atomic mass is 10.0. The lowest BCUT2D eigenvalue weighted by Crippen LogP contribution is -2.35. The van der Waals surface area contributed by atoms with Crippen LogP contribution in [0.1, 0.15) is 22.8 Å². The lowest BCUT2D eigenvalue weighted by Gasteiger charge is -2.24. The molecule has 1 unspecified atom stereocenters. The van der Waals surface area contributed by atoms with Crippen LogP contribution in [0.25, 0.3) is 22.2 Å². The SMILES string of the molecule is CC1Cc2ccccc2N1C(=O)c1cc(-c2ccccc2Cl)nc2ccccc12. The second-order valence-corrected chi connectivity index (χ2v) is 7.82. The standard InChI is InChI=1S/C25H19ClN2O/c1-16-14-17-8-2-7-13-24(17)28(16)25(29)20-15-23(19-10-3-5-11-21(19)26)27-22-12-6-4-9-18(20)22/h2-13,15-16H,14H2,1H3. The van der Waals surface area contributed by atoms with Gasteiger partial charge < -0.3 is 4.90 Å². The van der Waals surface area contributed by atoms with Crippen molar-refractivity contribution in [2.45, 2.75) is 19.4 Å². The quantitative estimate of drug-likeness (QED) is 0.406. The zero-order valence-corrected chi connectivity index (χ0v) is 16.7. The van der Waals surface area contributed by atoms with Gasteiger partial charge in [0.15, 0.2) is 0 Å². The minimum atomic E-state index is -0.00523. The van der Waals surface area contributed by atoms with E-state index in [4.69, 9.17) is 16.6 Å². The zero-order chi connectivity index (χ0) is 20.0. The normalized spacial score (nSPS) is 15.5. The number of halogens is 1. The van der Waals surface area contributed by atoms with Gasteiger partial charge in [-0.25, -0.2) is 4.98 Å². The van der Waals surface area contributed by atoms with E-state index >= 15 is 0 Å². The van der Waals surface area contributed by atoms with Gasteiger partial charge in [0.25, 0.3) is 5.91 Å². The van der Waals surface area contributed by atoms with Crippen LogP contribution in [0.4, 0.5) is 5.69 Å². The Kier molecular flexibility index (Phi) is 4.33. The number of benzene rings is 3. The minimum absolute atomic E-state index is 0.00523.